The Morgan fingerprint density at radius 3 is 2.33 bits per heavy atom. The van der Waals surface area contributed by atoms with Gasteiger partial charge in [0.1, 0.15) is 42.8 Å². The Morgan fingerprint density at radius 1 is 0.900 bits per heavy atom. The standard InChI is InChI=1S/C54H79NO15/c1-11-24-67-53(62)69-42-22-20-37(28-45(42)65-9)27-40-39-18-15-23-55-46(39)52(61)68-44(40)30-41(56)33(4)26-35(6)48(58)49(66-10)47(57)34(5)25-31(2)16-13-12-14-17-32(3)43(64-8)29-38-21-19-36(7)54(63,70-38)50(59)51(55)60/h11-14,16-17,26,31,33-34,36-40,42-46,48-49,58,63H,1,15,18-25,27-30H2,2-10H3/b14-12+,16-13+,32-17+,35-26+/t31-,33-,34-,36-,37+,38+,39?,40+,42-,43+,44+,45-,46+,48-,49+,54-/m1/s1. The molecule has 4 heterocycles. The summed E-state index contributed by atoms with van der Waals surface area (Å²) in [6, 6.07) is -1.18. The van der Waals surface area contributed by atoms with E-state index in [1.54, 1.807) is 34.0 Å². The molecule has 4 aliphatic heterocycles. The molecule has 70 heavy (non-hydrogen) atoms. The van der Waals surface area contributed by atoms with Gasteiger partial charge in [0.25, 0.3) is 11.7 Å². The van der Waals surface area contributed by atoms with Crippen LogP contribution < -0.4 is 0 Å². The molecule has 4 bridgehead atoms. The van der Waals surface area contributed by atoms with Gasteiger partial charge in [-0.15, -0.1) is 0 Å². The van der Waals surface area contributed by atoms with Crippen molar-refractivity contribution in [1.82, 2.24) is 4.90 Å². The quantitative estimate of drug-likeness (QED) is 0.146. The average molecular weight is 982 g/mol. The molecule has 16 atom stereocenters. The molecule has 0 spiro atoms. The van der Waals surface area contributed by atoms with E-state index >= 15 is 0 Å². The molecule has 2 N–H and O–H groups in total. The summed E-state index contributed by atoms with van der Waals surface area (Å²) in [6.45, 7) is 14.3. The molecule has 16 nitrogen and oxygen atoms in total. The number of hydrogen-bond acceptors (Lipinski definition) is 15. The number of Topliss-reactive ketones (excluding diaryl/α,β-unsaturated/α-hetero) is 3. The van der Waals surface area contributed by atoms with E-state index < -0.39 is 108 Å². The van der Waals surface area contributed by atoms with Gasteiger partial charge in [0.05, 0.1) is 18.3 Å². The molecule has 1 unspecified atom stereocenters. The highest BCUT2D eigenvalue weighted by Crippen LogP contribution is 2.45. The van der Waals surface area contributed by atoms with Crippen LogP contribution in [0.4, 0.5) is 4.79 Å². The Bertz CT molecular complexity index is 1990. The van der Waals surface area contributed by atoms with Crippen LogP contribution in [-0.2, 0) is 57.1 Å². The number of hydrogen-bond donors (Lipinski definition) is 2. The van der Waals surface area contributed by atoms with E-state index in [1.165, 1.54) is 25.2 Å². The number of amides is 1. The van der Waals surface area contributed by atoms with E-state index in [0.29, 0.717) is 69.8 Å². The van der Waals surface area contributed by atoms with Crippen LogP contribution in [0.2, 0.25) is 0 Å². The molecule has 1 aliphatic carbocycles. The number of carbonyl (C=O) groups is 6. The second-order valence-corrected chi connectivity index (χ2v) is 20.5. The summed E-state index contributed by atoms with van der Waals surface area (Å²) in [6.07, 6.45) is 10.7. The SMILES string of the molecule is C=CCOC(=O)O[C@@H]1CC[C@@H](C[C@H]2C3CCCN4C(=O)C(=O)[C@]5(O)O[C@@H](CC[C@H]5C)C[C@H](OC)/C(C)=C/C=C/C=C/[C@@H](C)C[C@@H](C)C(=O)[C@H](OC)[C@H](O)/C(C)=C/[C@@H](C)C(=O)C[C@@H]2OC(=O)[C@H]34)C[C@H]1OC. The van der Waals surface area contributed by atoms with Gasteiger partial charge in [0.15, 0.2) is 5.78 Å². The fraction of sp³-hybridized carbons (Fsp3) is 0.704. The highest BCUT2D eigenvalue weighted by molar-refractivity contribution is 6.39. The Morgan fingerprint density at radius 2 is 1.64 bits per heavy atom. The third kappa shape index (κ3) is 13.8. The molecule has 0 aromatic rings. The molecule has 1 amide bonds. The zero-order chi connectivity index (χ0) is 51.4. The van der Waals surface area contributed by atoms with E-state index in [-0.39, 0.29) is 43.0 Å². The number of fused-ring (bicyclic) bond motifs is 4. The van der Waals surface area contributed by atoms with E-state index in [0.717, 1.165) is 5.57 Å². The van der Waals surface area contributed by atoms with Crippen LogP contribution >= 0.6 is 0 Å². The van der Waals surface area contributed by atoms with E-state index in [2.05, 4.69) is 6.58 Å². The Hall–Kier alpha value is -4.32. The van der Waals surface area contributed by atoms with Gasteiger partial charge in [-0.3, -0.25) is 19.2 Å². The van der Waals surface area contributed by atoms with Gasteiger partial charge in [-0.2, -0.15) is 0 Å². The lowest BCUT2D eigenvalue weighted by molar-refractivity contribution is -0.266. The summed E-state index contributed by atoms with van der Waals surface area (Å²) in [4.78, 5) is 85.0. The molecule has 390 valence electrons. The van der Waals surface area contributed by atoms with Crippen molar-refractivity contribution >= 4 is 35.4 Å². The average Bonchev–Trinajstić information content (AvgIpc) is 3.33. The molecule has 1 saturated carbocycles. The van der Waals surface area contributed by atoms with Crippen LogP contribution in [0.25, 0.3) is 0 Å². The minimum absolute atomic E-state index is 0.00483. The summed E-state index contributed by atoms with van der Waals surface area (Å²) < 4.78 is 40.4. The monoisotopic (exact) mass is 982 g/mol. The van der Waals surface area contributed by atoms with Crippen LogP contribution in [0.3, 0.4) is 0 Å². The van der Waals surface area contributed by atoms with Gasteiger partial charge >= 0.3 is 12.1 Å². The van der Waals surface area contributed by atoms with Crippen molar-refractivity contribution < 1.29 is 72.1 Å². The number of ether oxygens (including phenoxy) is 7. The maximum Gasteiger partial charge on any atom is 0.508 e. The number of esters is 1. The van der Waals surface area contributed by atoms with E-state index in [1.807, 2.05) is 51.2 Å². The predicted octanol–water partition coefficient (Wildman–Crippen LogP) is 6.75. The van der Waals surface area contributed by atoms with Gasteiger partial charge in [-0.05, 0) is 101 Å². The fourth-order valence-corrected chi connectivity index (χ4v) is 11.3. The first-order valence-corrected chi connectivity index (χ1v) is 25.2. The summed E-state index contributed by atoms with van der Waals surface area (Å²) >= 11 is 0. The fourth-order valence-electron chi connectivity index (χ4n) is 11.3. The van der Waals surface area contributed by atoms with Gasteiger partial charge in [0.2, 0.25) is 5.79 Å². The number of aliphatic hydroxyl groups excluding tert-OH is 1. The normalized spacial score (nSPS) is 40.2. The molecule has 0 aromatic heterocycles. The minimum atomic E-state index is -2.46. The van der Waals surface area contributed by atoms with Gasteiger partial charge < -0.3 is 48.3 Å². The second-order valence-electron chi connectivity index (χ2n) is 20.5. The number of nitrogens with zero attached hydrogens (tertiary/aromatic N) is 1. The molecule has 5 rings (SSSR count). The smallest absolute Gasteiger partial charge is 0.460 e. The van der Waals surface area contributed by atoms with Crippen molar-refractivity contribution in [3.8, 4) is 0 Å². The van der Waals surface area contributed by atoms with E-state index in [4.69, 9.17) is 33.2 Å². The number of ketones is 3. The van der Waals surface area contributed by atoms with Crippen molar-refractivity contribution in [2.45, 2.75) is 167 Å². The number of aliphatic hydroxyl groups is 2. The molecular formula is C54H79NO15. The lowest BCUT2D eigenvalue weighted by Gasteiger charge is -2.50. The van der Waals surface area contributed by atoms with Crippen molar-refractivity contribution in [3.63, 3.8) is 0 Å². The predicted molar refractivity (Wildman–Crippen MR) is 259 cm³/mol. The molecule has 5 aliphatic rings. The van der Waals surface area contributed by atoms with Gasteiger partial charge in [-0.25, -0.2) is 9.59 Å². The molecule has 0 radical (unpaired) electrons. The van der Waals surface area contributed by atoms with Crippen LogP contribution in [0.5, 0.6) is 0 Å². The maximum atomic E-state index is 14.6. The highest BCUT2D eigenvalue weighted by Gasteiger charge is 2.57. The minimum Gasteiger partial charge on any atom is -0.460 e. The summed E-state index contributed by atoms with van der Waals surface area (Å²) in [5.74, 6) is -8.92. The van der Waals surface area contributed by atoms with Crippen molar-refractivity contribution in [2.75, 3.05) is 34.5 Å². The van der Waals surface area contributed by atoms with Gasteiger partial charge in [-0.1, -0.05) is 76.8 Å². The van der Waals surface area contributed by atoms with E-state index in [9.17, 15) is 39.0 Å². The number of carbonyl (C=O) groups excluding carboxylic acids is 6. The van der Waals surface area contributed by atoms with Crippen LogP contribution in [0.1, 0.15) is 112 Å². The third-order valence-corrected chi connectivity index (χ3v) is 15.5. The maximum absolute atomic E-state index is 14.6. The topological polar surface area (TPSA) is 211 Å². The third-order valence-electron chi connectivity index (χ3n) is 15.5. The molecule has 4 fully saturated rings. The molecule has 0 aromatic carbocycles. The number of rotatable bonds is 8. The summed E-state index contributed by atoms with van der Waals surface area (Å²) in [5, 5.41) is 23.6. The largest absolute Gasteiger partial charge is 0.508 e. The summed E-state index contributed by atoms with van der Waals surface area (Å²) in [5.41, 5.74) is 1.24. The lowest BCUT2D eigenvalue weighted by Crippen LogP contribution is -2.65. The van der Waals surface area contributed by atoms with Crippen molar-refractivity contribution in [2.24, 2.45) is 41.4 Å². The number of piperidine rings is 1. The first-order valence-electron chi connectivity index (χ1n) is 25.2. The first-order chi connectivity index (χ1) is 33.3. The Labute approximate surface area is 414 Å². The first kappa shape index (κ1) is 56.6. The second kappa shape index (κ2) is 25.9. The van der Waals surface area contributed by atoms with Crippen molar-refractivity contribution in [1.29, 1.82) is 0 Å². The molecule has 3 saturated heterocycles. The number of allylic oxidation sites excluding steroid dienone is 6. The van der Waals surface area contributed by atoms with Crippen LogP contribution in [-0.4, -0.2) is 140 Å². The lowest BCUT2D eigenvalue weighted by atomic mass is 9.68. The van der Waals surface area contributed by atoms with Crippen LogP contribution in [0.15, 0.2) is 60.3 Å². The molecule has 16 heteroatoms. The van der Waals surface area contributed by atoms with Crippen LogP contribution in [0, 0.1) is 41.4 Å². The number of methoxy groups -OCH3 is 3. The highest BCUT2D eigenvalue weighted by atomic mass is 16.7. The van der Waals surface area contributed by atoms with Crippen molar-refractivity contribution in [3.05, 3.63) is 60.3 Å². The summed E-state index contributed by atoms with van der Waals surface area (Å²) in [7, 11) is 4.48. The zero-order valence-corrected chi connectivity index (χ0v) is 42.8. The Balaban J connectivity index is 1.50. The zero-order valence-electron chi connectivity index (χ0n) is 42.8. The molecular weight excluding hydrogens is 903 g/mol. The van der Waals surface area contributed by atoms with Gasteiger partial charge in [0, 0.05) is 64.4 Å². The Kier molecular flexibility index (Phi) is 20.9.